The van der Waals surface area contributed by atoms with Gasteiger partial charge in [-0.3, -0.25) is 4.48 Å². The number of allylic oxidation sites excluding steroid dienone is 1. The number of halogens is 1. The molecule has 2 bridgehead atoms. The highest BCUT2D eigenvalue weighted by Gasteiger charge is 2.38. The number of rotatable bonds is 1. The quantitative estimate of drug-likeness (QED) is 0.533. The predicted molar refractivity (Wildman–Crippen MR) is 72.8 cm³/mol. The Labute approximate surface area is 130 Å². The topological polar surface area (TPSA) is 13.1 Å². The molecule has 3 aliphatic rings. The van der Waals surface area contributed by atoms with Gasteiger partial charge in [0.25, 0.3) is 0 Å². The Morgan fingerprint density at radius 2 is 1.89 bits per heavy atom. The Bertz CT molecular complexity index is 602. The second kappa shape index (κ2) is 4.63. The molecule has 1 saturated heterocycles. The first-order valence-electron chi connectivity index (χ1n) is 6.79. The van der Waals surface area contributed by atoms with E-state index < -0.39 is 0 Å². The molecule has 1 aromatic carbocycles. The van der Waals surface area contributed by atoms with Gasteiger partial charge in [-0.05, 0) is 12.1 Å². The molecule has 100 valence electrons. The number of para-hydroxylation sites is 1. The van der Waals surface area contributed by atoms with Crippen LogP contribution in [0.2, 0.25) is 0 Å². The molecule has 2 aromatic rings. The molecule has 0 spiro atoms. The average Bonchev–Trinajstić information content (AvgIpc) is 2.82. The molecule has 0 atom stereocenters. The molecule has 3 aliphatic heterocycles. The van der Waals surface area contributed by atoms with Crippen LogP contribution in [0, 0.1) is 5.92 Å². The lowest BCUT2D eigenvalue weighted by Crippen LogP contribution is -3.00. The lowest BCUT2D eigenvalue weighted by molar-refractivity contribution is -0.868. The van der Waals surface area contributed by atoms with E-state index in [1.165, 1.54) is 36.9 Å². The molecule has 19 heavy (non-hydrogen) atoms. The van der Waals surface area contributed by atoms with Crippen LogP contribution >= 0.6 is 0 Å². The van der Waals surface area contributed by atoms with Crippen molar-refractivity contribution in [1.29, 1.82) is 0 Å². The van der Waals surface area contributed by atoms with E-state index in [1.807, 2.05) is 6.07 Å². The summed E-state index contributed by atoms with van der Waals surface area (Å²) in [5.41, 5.74) is 2.44. The highest BCUT2D eigenvalue weighted by molar-refractivity contribution is 5.82. The van der Waals surface area contributed by atoms with Gasteiger partial charge in [-0.2, -0.15) is 0 Å². The van der Waals surface area contributed by atoms with E-state index in [9.17, 15) is 0 Å². The van der Waals surface area contributed by atoms with Crippen molar-refractivity contribution in [2.45, 2.75) is 12.8 Å². The van der Waals surface area contributed by atoms with Gasteiger partial charge in [0, 0.05) is 24.1 Å². The van der Waals surface area contributed by atoms with E-state index in [4.69, 9.17) is 4.42 Å². The second-order valence-corrected chi connectivity index (χ2v) is 5.93. The summed E-state index contributed by atoms with van der Waals surface area (Å²) in [5.74, 6) is 1.80. The summed E-state index contributed by atoms with van der Waals surface area (Å²) in [6.45, 7) is 2.57. The number of piperidine rings is 1. The Morgan fingerprint density at radius 1 is 1.16 bits per heavy atom. The summed E-state index contributed by atoms with van der Waals surface area (Å²) in [4.78, 5) is 0. The standard InChI is InChI=1S/C16H18NO.HI/c1-17-8-6-12(7-9-17)14(11-17)16-10-13-4-2-3-5-15(13)18-16;/h2-5,10-12H,6-9H2,1H3;1H/q+1;/p-1. The molecule has 1 aromatic heterocycles. The fourth-order valence-electron chi connectivity index (χ4n) is 3.43. The Morgan fingerprint density at radius 3 is 2.58 bits per heavy atom. The van der Waals surface area contributed by atoms with Crippen molar-refractivity contribution in [1.82, 2.24) is 0 Å². The first kappa shape index (κ1) is 13.2. The monoisotopic (exact) mass is 367 g/mol. The Kier molecular flexibility index (Phi) is 3.21. The van der Waals surface area contributed by atoms with Crippen LogP contribution in [-0.2, 0) is 0 Å². The zero-order chi connectivity index (χ0) is 12.2. The van der Waals surface area contributed by atoms with Gasteiger partial charge < -0.3 is 28.4 Å². The van der Waals surface area contributed by atoms with Crippen LogP contribution in [-0.4, -0.2) is 24.6 Å². The maximum absolute atomic E-state index is 6.03. The molecule has 0 aliphatic carbocycles. The largest absolute Gasteiger partial charge is 1.00 e. The van der Waals surface area contributed by atoms with Crippen LogP contribution < -0.4 is 24.0 Å². The Balaban J connectivity index is 0.00000110. The molecular formula is C16H18INO. The third-order valence-corrected chi connectivity index (χ3v) is 4.58. The molecular weight excluding hydrogens is 349 g/mol. The minimum Gasteiger partial charge on any atom is -1.00 e. The average molecular weight is 367 g/mol. The van der Waals surface area contributed by atoms with E-state index in [-0.39, 0.29) is 24.0 Å². The number of quaternary nitrogens is 1. The van der Waals surface area contributed by atoms with Crippen LogP contribution in [0.5, 0.6) is 0 Å². The highest BCUT2D eigenvalue weighted by Crippen LogP contribution is 2.41. The van der Waals surface area contributed by atoms with Crippen LogP contribution in [0.1, 0.15) is 18.6 Å². The van der Waals surface area contributed by atoms with Crippen LogP contribution in [0.3, 0.4) is 0 Å². The van der Waals surface area contributed by atoms with Crippen LogP contribution in [0.25, 0.3) is 16.5 Å². The summed E-state index contributed by atoms with van der Waals surface area (Å²) in [6.07, 6.45) is 5.04. The van der Waals surface area contributed by atoms with Gasteiger partial charge in [-0.15, -0.1) is 0 Å². The molecule has 0 unspecified atom stereocenters. The first-order valence-corrected chi connectivity index (χ1v) is 6.79. The Hall–Kier alpha value is -0.810. The SMILES string of the molecule is C[N+]12C=C(c3cc4ccccc4o3)C(CC1)CC2.[I-]. The zero-order valence-corrected chi connectivity index (χ0v) is 13.3. The van der Waals surface area contributed by atoms with Crippen LogP contribution in [0.15, 0.2) is 40.9 Å². The lowest BCUT2D eigenvalue weighted by Gasteiger charge is -2.43. The number of furan rings is 1. The van der Waals surface area contributed by atoms with Gasteiger partial charge in [-0.1, -0.05) is 18.2 Å². The summed E-state index contributed by atoms with van der Waals surface area (Å²) in [7, 11) is 2.33. The maximum Gasteiger partial charge on any atom is 0.136 e. The molecule has 4 heterocycles. The third kappa shape index (κ3) is 2.13. The fourth-order valence-corrected chi connectivity index (χ4v) is 3.43. The molecule has 0 radical (unpaired) electrons. The number of fused-ring (bicyclic) bond motifs is 3. The van der Waals surface area contributed by atoms with Crippen molar-refractivity contribution >= 4 is 16.5 Å². The smallest absolute Gasteiger partial charge is 0.136 e. The number of hydrogen-bond acceptors (Lipinski definition) is 1. The van der Waals surface area contributed by atoms with Crippen LogP contribution in [0.4, 0.5) is 0 Å². The maximum atomic E-state index is 6.03. The molecule has 2 nitrogen and oxygen atoms in total. The van der Waals surface area contributed by atoms with Crippen molar-refractivity contribution in [3.63, 3.8) is 0 Å². The van der Waals surface area contributed by atoms with Gasteiger partial charge in [0.15, 0.2) is 0 Å². The molecule has 5 rings (SSSR count). The first-order chi connectivity index (χ1) is 8.73. The lowest BCUT2D eigenvalue weighted by atomic mass is 9.83. The molecule has 0 amide bonds. The van der Waals surface area contributed by atoms with Crippen molar-refractivity contribution in [3.8, 4) is 0 Å². The van der Waals surface area contributed by atoms with Crippen molar-refractivity contribution < 1.29 is 32.9 Å². The number of nitrogens with zero attached hydrogens (tertiary/aromatic N) is 1. The molecule has 0 saturated carbocycles. The van der Waals surface area contributed by atoms with Crippen molar-refractivity contribution in [3.05, 3.63) is 42.3 Å². The normalized spacial score (nSPS) is 29.1. The molecule has 0 N–H and O–H groups in total. The molecule has 3 heteroatoms. The van der Waals surface area contributed by atoms with Crippen molar-refractivity contribution in [2.75, 3.05) is 20.1 Å². The van der Waals surface area contributed by atoms with E-state index in [0.29, 0.717) is 5.92 Å². The number of hydrogen-bond donors (Lipinski definition) is 0. The third-order valence-electron chi connectivity index (χ3n) is 4.58. The highest BCUT2D eigenvalue weighted by atomic mass is 127. The van der Waals surface area contributed by atoms with Gasteiger partial charge in [0.05, 0.1) is 25.7 Å². The van der Waals surface area contributed by atoms with E-state index >= 15 is 0 Å². The van der Waals surface area contributed by atoms with Gasteiger partial charge in [0.2, 0.25) is 0 Å². The summed E-state index contributed by atoms with van der Waals surface area (Å²) >= 11 is 0. The summed E-state index contributed by atoms with van der Waals surface area (Å²) in [6, 6.07) is 10.5. The molecule has 1 fully saturated rings. The predicted octanol–water partition coefficient (Wildman–Crippen LogP) is 0.648. The van der Waals surface area contributed by atoms with Gasteiger partial charge in [-0.25, -0.2) is 0 Å². The van der Waals surface area contributed by atoms with Crippen molar-refractivity contribution in [2.24, 2.45) is 5.92 Å². The summed E-state index contributed by atoms with van der Waals surface area (Å²) < 4.78 is 7.11. The number of benzene rings is 1. The minimum atomic E-state index is 0. The van der Waals surface area contributed by atoms with E-state index in [0.717, 1.165) is 15.8 Å². The zero-order valence-electron chi connectivity index (χ0n) is 11.1. The minimum absolute atomic E-state index is 0. The van der Waals surface area contributed by atoms with E-state index in [2.05, 4.69) is 37.5 Å². The van der Waals surface area contributed by atoms with E-state index in [1.54, 1.807) is 0 Å². The van der Waals surface area contributed by atoms with Gasteiger partial charge in [0.1, 0.15) is 17.5 Å². The fraction of sp³-hybridized carbons (Fsp3) is 0.375. The second-order valence-electron chi connectivity index (χ2n) is 5.93. The van der Waals surface area contributed by atoms with Gasteiger partial charge >= 0.3 is 0 Å². The summed E-state index contributed by atoms with van der Waals surface area (Å²) in [5, 5.41) is 1.22.